The summed E-state index contributed by atoms with van der Waals surface area (Å²) >= 11 is 6.41. The highest BCUT2D eigenvalue weighted by Crippen LogP contribution is 2.20. The van der Waals surface area contributed by atoms with Gasteiger partial charge in [-0.2, -0.15) is 4.31 Å². The molecule has 2 aromatic rings. The minimum atomic E-state index is -3.51. The summed E-state index contributed by atoms with van der Waals surface area (Å²) in [6.07, 6.45) is 0. The number of rotatable bonds is 6. The number of hydrogen-bond acceptors (Lipinski definition) is 4. The first-order chi connectivity index (χ1) is 9.95. The highest BCUT2D eigenvalue weighted by molar-refractivity contribution is 7.89. The molecule has 0 bridgehead atoms. The third-order valence-electron chi connectivity index (χ3n) is 3.04. The van der Waals surface area contributed by atoms with Gasteiger partial charge in [0.2, 0.25) is 10.0 Å². The minimum Gasteiger partial charge on any atom is -0.389 e. The molecule has 7 heteroatoms. The molecule has 0 spiro atoms. The largest absolute Gasteiger partial charge is 0.389 e. The van der Waals surface area contributed by atoms with Crippen molar-refractivity contribution in [1.82, 2.24) is 4.31 Å². The Morgan fingerprint density at radius 2 is 1.95 bits per heavy atom. The van der Waals surface area contributed by atoms with Crippen LogP contribution in [0.5, 0.6) is 0 Å². The second-order valence-electron chi connectivity index (χ2n) is 4.40. The van der Waals surface area contributed by atoms with Crippen molar-refractivity contribution < 1.29 is 8.42 Å². The number of thiophene rings is 1. The number of sulfonamides is 1. The maximum atomic E-state index is 12.6. The molecule has 0 atom stereocenters. The molecule has 0 saturated heterocycles. The standard InChI is InChI=1S/C14H16N2O2S3/c1-2-16(10-12-4-3-9-20-12)21(17,18)13-7-5-11(6-8-13)14(15)19/h3-9H,2,10H2,1H3,(H2,15,19). The zero-order valence-corrected chi connectivity index (χ0v) is 14.0. The molecule has 21 heavy (non-hydrogen) atoms. The van der Waals surface area contributed by atoms with Crippen molar-refractivity contribution in [2.75, 3.05) is 6.54 Å². The lowest BCUT2D eigenvalue weighted by molar-refractivity contribution is 0.426. The summed E-state index contributed by atoms with van der Waals surface area (Å²) in [5.41, 5.74) is 6.18. The first-order valence-corrected chi connectivity index (χ1v) is 9.10. The molecule has 0 aliphatic rings. The number of benzene rings is 1. The molecule has 0 saturated carbocycles. The van der Waals surface area contributed by atoms with Gasteiger partial charge in [-0.25, -0.2) is 8.42 Å². The van der Waals surface area contributed by atoms with E-state index in [-0.39, 0.29) is 9.88 Å². The average molecular weight is 340 g/mol. The van der Waals surface area contributed by atoms with Gasteiger partial charge in [0.15, 0.2) is 0 Å². The van der Waals surface area contributed by atoms with E-state index in [9.17, 15) is 8.42 Å². The quantitative estimate of drug-likeness (QED) is 0.821. The highest BCUT2D eigenvalue weighted by Gasteiger charge is 2.23. The summed E-state index contributed by atoms with van der Waals surface area (Å²) in [6, 6.07) is 10.2. The van der Waals surface area contributed by atoms with Crippen molar-refractivity contribution >= 4 is 38.6 Å². The second-order valence-corrected chi connectivity index (χ2v) is 7.81. The van der Waals surface area contributed by atoms with E-state index < -0.39 is 10.0 Å². The van der Waals surface area contributed by atoms with E-state index in [2.05, 4.69) is 0 Å². The Morgan fingerprint density at radius 3 is 2.43 bits per heavy atom. The summed E-state index contributed by atoms with van der Waals surface area (Å²) in [5, 5.41) is 1.94. The third kappa shape index (κ3) is 3.68. The van der Waals surface area contributed by atoms with E-state index in [0.717, 1.165) is 4.88 Å². The number of nitrogens with two attached hydrogens (primary N) is 1. The zero-order valence-electron chi connectivity index (χ0n) is 11.5. The van der Waals surface area contributed by atoms with Crippen molar-refractivity contribution in [1.29, 1.82) is 0 Å². The minimum absolute atomic E-state index is 0.251. The van der Waals surface area contributed by atoms with Gasteiger partial charge in [-0.1, -0.05) is 37.3 Å². The maximum Gasteiger partial charge on any atom is 0.243 e. The van der Waals surface area contributed by atoms with Crippen molar-refractivity contribution in [3.63, 3.8) is 0 Å². The van der Waals surface area contributed by atoms with Gasteiger partial charge in [-0.3, -0.25) is 0 Å². The molecule has 0 fully saturated rings. The van der Waals surface area contributed by atoms with Gasteiger partial charge in [0.25, 0.3) is 0 Å². The third-order valence-corrected chi connectivity index (χ3v) is 6.07. The van der Waals surface area contributed by atoms with E-state index in [4.69, 9.17) is 18.0 Å². The highest BCUT2D eigenvalue weighted by atomic mass is 32.2. The second kappa shape index (κ2) is 6.65. The SMILES string of the molecule is CCN(Cc1cccs1)S(=O)(=O)c1ccc(C(N)=S)cc1. The molecule has 0 aliphatic carbocycles. The van der Waals surface area contributed by atoms with Crippen LogP contribution in [0.3, 0.4) is 0 Å². The molecule has 0 aliphatic heterocycles. The molecule has 2 rings (SSSR count). The number of hydrogen-bond donors (Lipinski definition) is 1. The maximum absolute atomic E-state index is 12.6. The van der Waals surface area contributed by atoms with E-state index in [1.54, 1.807) is 35.6 Å². The van der Waals surface area contributed by atoms with Crippen LogP contribution >= 0.6 is 23.6 Å². The molecule has 1 aromatic heterocycles. The van der Waals surface area contributed by atoms with Crippen LogP contribution in [0.25, 0.3) is 0 Å². The Morgan fingerprint density at radius 1 is 1.29 bits per heavy atom. The van der Waals surface area contributed by atoms with Crippen LogP contribution in [0.4, 0.5) is 0 Å². The molecule has 2 N–H and O–H groups in total. The van der Waals surface area contributed by atoms with Crippen molar-refractivity contribution in [3.05, 3.63) is 52.2 Å². The van der Waals surface area contributed by atoms with Crippen LogP contribution in [-0.2, 0) is 16.6 Å². The molecule has 1 heterocycles. The monoisotopic (exact) mass is 340 g/mol. The lowest BCUT2D eigenvalue weighted by Crippen LogP contribution is -2.30. The van der Waals surface area contributed by atoms with Crippen LogP contribution in [-0.4, -0.2) is 24.3 Å². The normalized spacial score (nSPS) is 11.7. The van der Waals surface area contributed by atoms with Crippen molar-refractivity contribution in [3.8, 4) is 0 Å². The van der Waals surface area contributed by atoms with Crippen molar-refractivity contribution in [2.45, 2.75) is 18.4 Å². The summed E-state index contributed by atoms with van der Waals surface area (Å²) in [6.45, 7) is 2.62. The van der Waals surface area contributed by atoms with Crippen molar-refractivity contribution in [2.24, 2.45) is 5.73 Å². The van der Waals surface area contributed by atoms with Crippen LogP contribution in [0.2, 0.25) is 0 Å². The summed E-state index contributed by atoms with van der Waals surface area (Å²) in [5.74, 6) is 0. The van der Waals surface area contributed by atoms with Gasteiger partial charge in [0.1, 0.15) is 4.99 Å². The first kappa shape index (κ1) is 16.1. The molecule has 4 nitrogen and oxygen atoms in total. The van der Waals surface area contributed by atoms with Crippen LogP contribution in [0.15, 0.2) is 46.7 Å². The predicted molar refractivity (Wildman–Crippen MR) is 89.9 cm³/mol. The summed E-state index contributed by atoms with van der Waals surface area (Å²) in [4.78, 5) is 1.52. The Bertz CT molecular complexity index is 707. The van der Waals surface area contributed by atoms with Gasteiger partial charge in [0.05, 0.1) is 4.90 Å². The van der Waals surface area contributed by atoms with E-state index >= 15 is 0 Å². The summed E-state index contributed by atoms with van der Waals surface area (Å²) in [7, 11) is -3.51. The molecule has 112 valence electrons. The predicted octanol–water partition coefficient (Wildman–Crippen LogP) is 2.59. The number of thiocarbonyl (C=S) groups is 1. The topological polar surface area (TPSA) is 63.4 Å². The molecule has 0 unspecified atom stereocenters. The van der Waals surface area contributed by atoms with Crippen LogP contribution < -0.4 is 5.73 Å². The lowest BCUT2D eigenvalue weighted by atomic mass is 10.2. The average Bonchev–Trinajstić information content (AvgIpc) is 2.97. The zero-order chi connectivity index (χ0) is 15.5. The molecule has 0 radical (unpaired) electrons. The fourth-order valence-corrected chi connectivity index (χ4v) is 4.25. The van der Waals surface area contributed by atoms with E-state index in [0.29, 0.717) is 18.7 Å². The Kier molecular flexibility index (Phi) is 5.10. The fraction of sp³-hybridized carbons (Fsp3) is 0.214. The fourth-order valence-electron chi connectivity index (χ4n) is 1.88. The Hall–Kier alpha value is -1.28. The van der Waals surface area contributed by atoms with Gasteiger partial charge in [-0.05, 0) is 23.6 Å². The summed E-state index contributed by atoms with van der Waals surface area (Å²) < 4.78 is 26.7. The van der Waals surface area contributed by atoms with E-state index in [1.807, 2.05) is 24.4 Å². The molecular weight excluding hydrogens is 324 g/mol. The Labute approximate surface area is 134 Å². The van der Waals surface area contributed by atoms with Gasteiger partial charge >= 0.3 is 0 Å². The van der Waals surface area contributed by atoms with E-state index in [1.165, 1.54) is 4.31 Å². The Balaban J connectivity index is 2.28. The van der Waals surface area contributed by atoms with Crippen LogP contribution in [0.1, 0.15) is 17.4 Å². The molecule has 0 amide bonds. The van der Waals surface area contributed by atoms with Gasteiger partial charge in [-0.15, -0.1) is 11.3 Å². The van der Waals surface area contributed by atoms with Gasteiger partial charge < -0.3 is 5.73 Å². The lowest BCUT2D eigenvalue weighted by Gasteiger charge is -2.20. The molecule has 1 aromatic carbocycles. The smallest absolute Gasteiger partial charge is 0.243 e. The first-order valence-electron chi connectivity index (χ1n) is 6.37. The van der Waals surface area contributed by atoms with Crippen LogP contribution in [0, 0.1) is 0 Å². The van der Waals surface area contributed by atoms with Gasteiger partial charge in [0, 0.05) is 23.5 Å². The molecular formula is C14H16N2O2S3. The number of nitrogens with zero attached hydrogens (tertiary/aromatic N) is 1.